The highest BCUT2D eigenvalue weighted by molar-refractivity contribution is 5.79. The molecule has 1 amide bonds. The van der Waals surface area contributed by atoms with Crippen LogP contribution in [0.2, 0.25) is 0 Å². The summed E-state index contributed by atoms with van der Waals surface area (Å²) >= 11 is 0. The molecule has 1 rings (SSSR count). The fourth-order valence-electron chi connectivity index (χ4n) is 1.29. The largest absolute Gasteiger partial charge is 0.379 e. The summed E-state index contributed by atoms with van der Waals surface area (Å²) in [6, 6.07) is -0.511. The monoisotopic (exact) mass is 187 g/mol. The van der Waals surface area contributed by atoms with Crippen molar-refractivity contribution in [3.8, 4) is 0 Å². The van der Waals surface area contributed by atoms with E-state index in [1.165, 1.54) is 0 Å². The van der Waals surface area contributed by atoms with Crippen LogP contribution in [0, 0.1) is 0 Å². The first kappa shape index (κ1) is 10.4. The Bertz CT molecular complexity index is 169. The quantitative estimate of drug-likeness (QED) is 0.562. The van der Waals surface area contributed by atoms with Crippen LogP contribution in [0.25, 0.3) is 0 Å². The number of nitrogens with two attached hydrogens (primary N) is 2. The first-order valence-corrected chi connectivity index (χ1v) is 4.55. The average Bonchev–Trinajstić information content (AvgIpc) is 2.15. The van der Waals surface area contributed by atoms with Gasteiger partial charge in [-0.05, 0) is 6.42 Å². The van der Waals surface area contributed by atoms with E-state index >= 15 is 0 Å². The molecule has 76 valence electrons. The van der Waals surface area contributed by atoms with Crippen LogP contribution in [0.4, 0.5) is 0 Å². The molecule has 5 heteroatoms. The summed E-state index contributed by atoms with van der Waals surface area (Å²) in [6.07, 6.45) is 0.634. The minimum Gasteiger partial charge on any atom is -0.379 e. The van der Waals surface area contributed by atoms with Gasteiger partial charge in [-0.25, -0.2) is 0 Å². The summed E-state index contributed by atoms with van der Waals surface area (Å²) in [4.78, 5) is 12.9. The van der Waals surface area contributed by atoms with E-state index < -0.39 is 11.9 Å². The van der Waals surface area contributed by atoms with E-state index in [0.717, 1.165) is 32.8 Å². The Labute approximate surface area is 78.0 Å². The molecule has 0 saturated carbocycles. The van der Waals surface area contributed by atoms with Gasteiger partial charge in [0.05, 0.1) is 19.3 Å². The third-order valence-corrected chi connectivity index (χ3v) is 2.23. The van der Waals surface area contributed by atoms with Crippen LogP contribution in [-0.2, 0) is 9.53 Å². The van der Waals surface area contributed by atoms with Crippen molar-refractivity contribution in [2.45, 2.75) is 12.5 Å². The Balaban J connectivity index is 2.13. The number of primary amides is 1. The second-order valence-corrected chi connectivity index (χ2v) is 3.25. The SMILES string of the molecule is NC(=O)C(N)CCN1CCOCC1. The molecular weight excluding hydrogens is 170 g/mol. The van der Waals surface area contributed by atoms with Gasteiger partial charge < -0.3 is 16.2 Å². The summed E-state index contributed by atoms with van der Waals surface area (Å²) in [5.41, 5.74) is 10.5. The molecule has 0 aromatic carbocycles. The Morgan fingerprint density at radius 3 is 2.62 bits per heavy atom. The predicted molar refractivity (Wildman–Crippen MR) is 49.0 cm³/mol. The molecule has 1 atom stereocenters. The lowest BCUT2D eigenvalue weighted by atomic mass is 10.2. The summed E-state index contributed by atoms with van der Waals surface area (Å²) in [5, 5.41) is 0. The van der Waals surface area contributed by atoms with E-state index in [0.29, 0.717) is 6.42 Å². The number of carbonyl (C=O) groups is 1. The van der Waals surface area contributed by atoms with Crippen LogP contribution in [-0.4, -0.2) is 49.7 Å². The third-order valence-electron chi connectivity index (χ3n) is 2.23. The zero-order valence-corrected chi connectivity index (χ0v) is 7.74. The number of amides is 1. The number of nitrogens with zero attached hydrogens (tertiary/aromatic N) is 1. The molecule has 1 heterocycles. The van der Waals surface area contributed by atoms with Gasteiger partial charge in [0.25, 0.3) is 0 Å². The Morgan fingerprint density at radius 1 is 1.46 bits per heavy atom. The molecule has 0 aromatic rings. The lowest BCUT2D eigenvalue weighted by Gasteiger charge is -2.27. The normalized spacial score (nSPS) is 21.3. The Morgan fingerprint density at radius 2 is 2.08 bits per heavy atom. The maximum atomic E-state index is 10.6. The fourth-order valence-corrected chi connectivity index (χ4v) is 1.29. The van der Waals surface area contributed by atoms with Crippen molar-refractivity contribution in [1.29, 1.82) is 0 Å². The molecular formula is C8H17N3O2. The first-order valence-electron chi connectivity index (χ1n) is 4.55. The minimum atomic E-state index is -0.511. The number of carbonyl (C=O) groups excluding carboxylic acids is 1. The number of ether oxygens (including phenoxy) is 1. The summed E-state index contributed by atoms with van der Waals surface area (Å²) in [6.45, 7) is 4.21. The van der Waals surface area contributed by atoms with Crippen molar-refractivity contribution < 1.29 is 9.53 Å². The molecule has 5 nitrogen and oxygen atoms in total. The van der Waals surface area contributed by atoms with Crippen LogP contribution in [0.3, 0.4) is 0 Å². The van der Waals surface area contributed by atoms with E-state index in [1.807, 2.05) is 0 Å². The molecule has 1 aliphatic heterocycles. The highest BCUT2D eigenvalue weighted by Gasteiger charge is 2.14. The Kier molecular flexibility index (Phi) is 4.14. The highest BCUT2D eigenvalue weighted by Crippen LogP contribution is 1.99. The molecule has 1 aliphatic rings. The lowest BCUT2D eigenvalue weighted by molar-refractivity contribution is -0.119. The second kappa shape index (κ2) is 5.16. The Hall–Kier alpha value is -0.650. The molecule has 1 unspecified atom stereocenters. The zero-order valence-electron chi connectivity index (χ0n) is 7.74. The van der Waals surface area contributed by atoms with Crippen molar-refractivity contribution in [1.82, 2.24) is 4.90 Å². The van der Waals surface area contributed by atoms with Gasteiger partial charge in [0.2, 0.25) is 5.91 Å². The van der Waals surface area contributed by atoms with Crippen molar-refractivity contribution in [2.24, 2.45) is 11.5 Å². The third kappa shape index (κ3) is 3.71. The number of hydrogen-bond donors (Lipinski definition) is 2. The van der Waals surface area contributed by atoms with Gasteiger partial charge in [-0.2, -0.15) is 0 Å². The molecule has 0 bridgehead atoms. The summed E-state index contributed by atoms with van der Waals surface area (Å²) < 4.78 is 5.19. The van der Waals surface area contributed by atoms with Crippen molar-refractivity contribution in [3.63, 3.8) is 0 Å². The van der Waals surface area contributed by atoms with Gasteiger partial charge >= 0.3 is 0 Å². The van der Waals surface area contributed by atoms with E-state index in [4.69, 9.17) is 16.2 Å². The molecule has 0 radical (unpaired) electrons. The van der Waals surface area contributed by atoms with Gasteiger partial charge in [-0.1, -0.05) is 0 Å². The number of morpholine rings is 1. The smallest absolute Gasteiger partial charge is 0.234 e. The number of hydrogen-bond acceptors (Lipinski definition) is 4. The van der Waals surface area contributed by atoms with E-state index in [-0.39, 0.29) is 0 Å². The average molecular weight is 187 g/mol. The van der Waals surface area contributed by atoms with E-state index in [1.54, 1.807) is 0 Å². The van der Waals surface area contributed by atoms with Crippen molar-refractivity contribution in [3.05, 3.63) is 0 Å². The van der Waals surface area contributed by atoms with Crippen molar-refractivity contribution in [2.75, 3.05) is 32.8 Å². The summed E-state index contributed by atoms with van der Waals surface area (Å²) in [7, 11) is 0. The predicted octanol–water partition coefficient (Wildman–Crippen LogP) is -1.48. The van der Waals surface area contributed by atoms with Crippen LogP contribution in [0.15, 0.2) is 0 Å². The van der Waals surface area contributed by atoms with Gasteiger partial charge in [-0.3, -0.25) is 9.69 Å². The van der Waals surface area contributed by atoms with Gasteiger partial charge in [0, 0.05) is 19.6 Å². The van der Waals surface area contributed by atoms with Crippen molar-refractivity contribution >= 4 is 5.91 Å². The minimum absolute atomic E-state index is 0.423. The molecule has 13 heavy (non-hydrogen) atoms. The molecule has 0 aromatic heterocycles. The maximum absolute atomic E-state index is 10.6. The van der Waals surface area contributed by atoms with Gasteiger partial charge in [0.1, 0.15) is 0 Å². The van der Waals surface area contributed by atoms with Crippen LogP contribution < -0.4 is 11.5 Å². The molecule has 0 spiro atoms. The topological polar surface area (TPSA) is 81.6 Å². The standard InChI is InChI=1S/C8H17N3O2/c9-7(8(10)12)1-2-11-3-5-13-6-4-11/h7H,1-6,9H2,(H2,10,12). The fraction of sp³-hybridized carbons (Fsp3) is 0.875. The second-order valence-electron chi connectivity index (χ2n) is 3.25. The van der Waals surface area contributed by atoms with Gasteiger partial charge in [0.15, 0.2) is 0 Å². The molecule has 4 N–H and O–H groups in total. The van der Waals surface area contributed by atoms with Crippen LogP contribution in [0.5, 0.6) is 0 Å². The van der Waals surface area contributed by atoms with Crippen LogP contribution in [0.1, 0.15) is 6.42 Å². The molecule has 0 aliphatic carbocycles. The van der Waals surface area contributed by atoms with Crippen LogP contribution >= 0.6 is 0 Å². The maximum Gasteiger partial charge on any atom is 0.234 e. The molecule has 1 fully saturated rings. The highest BCUT2D eigenvalue weighted by atomic mass is 16.5. The molecule has 1 saturated heterocycles. The first-order chi connectivity index (χ1) is 6.20. The van der Waals surface area contributed by atoms with Gasteiger partial charge in [-0.15, -0.1) is 0 Å². The number of rotatable bonds is 4. The summed E-state index contributed by atoms with van der Waals surface area (Å²) in [5.74, 6) is -0.423. The lowest BCUT2D eigenvalue weighted by Crippen LogP contribution is -2.42. The van der Waals surface area contributed by atoms with E-state index in [2.05, 4.69) is 4.90 Å². The zero-order chi connectivity index (χ0) is 9.68. The van der Waals surface area contributed by atoms with E-state index in [9.17, 15) is 4.79 Å².